The van der Waals surface area contributed by atoms with Crippen molar-refractivity contribution in [2.45, 2.75) is 29.9 Å². The molecule has 1 unspecified atom stereocenters. The number of thioether (sulfide) groups is 1. The van der Waals surface area contributed by atoms with Crippen molar-refractivity contribution in [1.29, 1.82) is 0 Å². The molecule has 4 rings (SSSR count). The topological polar surface area (TPSA) is 75.2 Å². The number of hydrogen-bond donors (Lipinski definition) is 1. The third kappa shape index (κ3) is 5.88. The molecule has 1 aromatic heterocycles. The lowest BCUT2D eigenvalue weighted by Gasteiger charge is -2.32. The molecule has 1 saturated heterocycles. The van der Waals surface area contributed by atoms with Crippen LogP contribution in [0.3, 0.4) is 0 Å². The van der Waals surface area contributed by atoms with Crippen LogP contribution in [0.1, 0.15) is 34.3 Å². The van der Waals surface area contributed by atoms with Crippen LogP contribution in [-0.2, 0) is 10.5 Å². The zero-order valence-corrected chi connectivity index (χ0v) is 20.0. The van der Waals surface area contributed by atoms with Crippen LogP contribution < -0.4 is 5.32 Å². The second-order valence-corrected chi connectivity index (χ2v) is 10.4. The number of aryl methyl sites for hydroxylation is 1. The van der Waals surface area contributed by atoms with Crippen LogP contribution in [0.15, 0.2) is 52.9 Å². The molecule has 32 heavy (non-hydrogen) atoms. The number of hydrogen-bond acceptors (Lipinski definition) is 6. The Labute approximate surface area is 200 Å². The van der Waals surface area contributed by atoms with Crippen LogP contribution in [0, 0.1) is 12.8 Å². The summed E-state index contributed by atoms with van der Waals surface area (Å²) in [5.41, 5.74) is 3.03. The molecule has 2 amide bonds. The SMILES string of the molecule is Cc1ccc(CSc2nnc(NC(=O)C3CCCN(C(=O)c4ccc(Cl)cc4)C3)s2)cc1. The summed E-state index contributed by atoms with van der Waals surface area (Å²) in [7, 11) is 0. The number of halogens is 1. The molecule has 0 saturated carbocycles. The van der Waals surface area contributed by atoms with Crippen molar-refractivity contribution in [3.05, 3.63) is 70.2 Å². The molecule has 1 N–H and O–H groups in total. The maximum absolute atomic E-state index is 12.8. The molecule has 2 aromatic carbocycles. The molecular formula is C23H23ClN4O2S2. The van der Waals surface area contributed by atoms with E-state index in [4.69, 9.17) is 11.6 Å². The highest BCUT2D eigenvalue weighted by atomic mass is 35.5. The minimum absolute atomic E-state index is 0.0788. The molecule has 2 heterocycles. The van der Waals surface area contributed by atoms with E-state index in [-0.39, 0.29) is 17.7 Å². The van der Waals surface area contributed by atoms with Gasteiger partial charge < -0.3 is 10.2 Å². The van der Waals surface area contributed by atoms with Gasteiger partial charge in [0.25, 0.3) is 5.91 Å². The number of amides is 2. The number of anilines is 1. The van der Waals surface area contributed by atoms with Gasteiger partial charge in [-0.2, -0.15) is 0 Å². The molecule has 1 fully saturated rings. The van der Waals surface area contributed by atoms with Crippen LogP contribution >= 0.6 is 34.7 Å². The van der Waals surface area contributed by atoms with Crippen molar-refractivity contribution in [2.24, 2.45) is 5.92 Å². The predicted molar refractivity (Wildman–Crippen MR) is 129 cm³/mol. The zero-order chi connectivity index (χ0) is 22.5. The van der Waals surface area contributed by atoms with Gasteiger partial charge in [-0.3, -0.25) is 9.59 Å². The lowest BCUT2D eigenvalue weighted by atomic mass is 9.96. The number of likely N-dealkylation sites (tertiary alicyclic amines) is 1. The first-order valence-corrected chi connectivity index (χ1v) is 12.5. The quantitative estimate of drug-likeness (QED) is 0.379. The van der Waals surface area contributed by atoms with E-state index in [1.807, 2.05) is 0 Å². The average molecular weight is 487 g/mol. The van der Waals surface area contributed by atoms with Crippen molar-refractivity contribution in [3.63, 3.8) is 0 Å². The number of rotatable bonds is 6. The smallest absolute Gasteiger partial charge is 0.253 e. The van der Waals surface area contributed by atoms with Gasteiger partial charge in [-0.1, -0.05) is 64.5 Å². The highest BCUT2D eigenvalue weighted by Crippen LogP contribution is 2.29. The summed E-state index contributed by atoms with van der Waals surface area (Å²) in [5.74, 6) is 0.329. The highest BCUT2D eigenvalue weighted by molar-refractivity contribution is 8.00. The normalized spacial score (nSPS) is 16.1. The van der Waals surface area contributed by atoms with Gasteiger partial charge in [-0.05, 0) is 49.6 Å². The van der Waals surface area contributed by atoms with Gasteiger partial charge in [0.15, 0.2) is 4.34 Å². The summed E-state index contributed by atoms with van der Waals surface area (Å²) in [6.45, 7) is 3.10. The lowest BCUT2D eigenvalue weighted by Crippen LogP contribution is -2.43. The first-order chi connectivity index (χ1) is 15.5. The van der Waals surface area contributed by atoms with E-state index in [1.54, 1.807) is 40.9 Å². The average Bonchev–Trinajstić information content (AvgIpc) is 3.26. The third-order valence-corrected chi connectivity index (χ3v) is 7.59. The molecule has 1 aliphatic rings. The van der Waals surface area contributed by atoms with Crippen molar-refractivity contribution in [2.75, 3.05) is 18.4 Å². The van der Waals surface area contributed by atoms with E-state index in [0.717, 1.165) is 22.9 Å². The van der Waals surface area contributed by atoms with Gasteiger partial charge in [-0.25, -0.2) is 0 Å². The van der Waals surface area contributed by atoms with Gasteiger partial charge in [0.1, 0.15) is 0 Å². The van der Waals surface area contributed by atoms with E-state index < -0.39 is 0 Å². The van der Waals surface area contributed by atoms with Crippen LogP contribution in [-0.4, -0.2) is 40.0 Å². The predicted octanol–water partition coefficient (Wildman–Crippen LogP) is 5.28. The first-order valence-electron chi connectivity index (χ1n) is 10.4. The maximum atomic E-state index is 12.8. The number of piperidine rings is 1. The number of carbonyl (C=O) groups is 2. The van der Waals surface area contributed by atoms with Gasteiger partial charge in [0.2, 0.25) is 11.0 Å². The maximum Gasteiger partial charge on any atom is 0.253 e. The van der Waals surface area contributed by atoms with E-state index in [2.05, 4.69) is 46.7 Å². The second-order valence-electron chi connectivity index (χ2n) is 7.73. The van der Waals surface area contributed by atoms with Crippen LogP contribution in [0.5, 0.6) is 0 Å². The third-order valence-electron chi connectivity index (χ3n) is 5.29. The number of aromatic nitrogens is 2. The van der Waals surface area contributed by atoms with Crippen LogP contribution in [0.25, 0.3) is 0 Å². The fourth-order valence-corrected chi connectivity index (χ4v) is 5.34. The molecule has 0 spiro atoms. The van der Waals surface area contributed by atoms with Crippen molar-refractivity contribution >= 4 is 51.6 Å². The summed E-state index contributed by atoms with van der Waals surface area (Å²) in [5, 5.41) is 12.2. The summed E-state index contributed by atoms with van der Waals surface area (Å²) in [6.07, 6.45) is 1.52. The lowest BCUT2D eigenvalue weighted by molar-refractivity contribution is -0.121. The highest BCUT2D eigenvalue weighted by Gasteiger charge is 2.29. The van der Waals surface area contributed by atoms with E-state index >= 15 is 0 Å². The molecule has 9 heteroatoms. The van der Waals surface area contributed by atoms with Crippen LogP contribution in [0.4, 0.5) is 5.13 Å². The Kier molecular flexibility index (Phi) is 7.44. The molecule has 0 aliphatic carbocycles. The number of nitrogens with zero attached hydrogens (tertiary/aromatic N) is 3. The Morgan fingerprint density at radius 1 is 1.16 bits per heavy atom. The fourth-order valence-electron chi connectivity index (χ4n) is 3.51. The Morgan fingerprint density at radius 2 is 1.91 bits per heavy atom. The Balaban J connectivity index is 1.31. The van der Waals surface area contributed by atoms with Crippen molar-refractivity contribution < 1.29 is 9.59 Å². The Hall–Kier alpha value is -2.42. The van der Waals surface area contributed by atoms with Crippen molar-refractivity contribution in [3.8, 4) is 0 Å². The molecule has 0 bridgehead atoms. The number of nitrogens with one attached hydrogen (secondary N) is 1. The van der Waals surface area contributed by atoms with E-state index in [0.29, 0.717) is 28.8 Å². The molecule has 1 aliphatic heterocycles. The van der Waals surface area contributed by atoms with Gasteiger partial charge >= 0.3 is 0 Å². The minimum Gasteiger partial charge on any atom is -0.338 e. The zero-order valence-electron chi connectivity index (χ0n) is 17.6. The monoisotopic (exact) mass is 486 g/mol. The molecule has 1 atom stereocenters. The van der Waals surface area contributed by atoms with E-state index in [1.165, 1.54) is 22.5 Å². The molecule has 166 valence electrons. The minimum atomic E-state index is -0.271. The van der Waals surface area contributed by atoms with Crippen molar-refractivity contribution in [1.82, 2.24) is 15.1 Å². The van der Waals surface area contributed by atoms with Gasteiger partial charge in [-0.15, -0.1) is 10.2 Å². The van der Waals surface area contributed by atoms with Gasteiger partial charge in [0, 0.05) is 29.4 Å². The molecular weight excluding hydrogens is 464 g/mol. The Bertz CT molecular complexity index is 1090. The molecule has 3 aromatic rings. The summed E-state index contributed by atoms with van der Waals surface area (Å²) in [6, 6.07) is 15.2. The second kappa shape index (κ2) is 10.5. The summed E-state index contributed by atoms with van der Waals surface area (Å²) < 4.78 is 0.809. The largest absolute Gasteiger partial charge is 0.338 e. The summed E-state index contributed by atoms with van der Waals surface area (Å²) >= 11 is 8.88. The first kappa shape index (κ1) is 22.8. The molecule has 6 nitrogen and oxygen atoms in total. The standard InChI is InChI=1S/C23H23ClN4O2S2/c1-15-4-6-16(7-5-15)14-31-23-27-26-22(32-23)25-20(29)18-3-2-12-28(13-18)21(30)17-8-10-19(24)11-9-17/h4-11,18H,2-3,12-14H2,1H3,(H,25,26,29). The van der Waals surface area contributed by atoms with E-state index in [9.17, 15) is 9.59 Å². The molecule has 0 radical (unpaired) electrons. The van der Waals surface area contributed by atoms with Crippen LogP contribution in [0.2, 0.25) is 5.02 Å². The fraction of sp³-hybridized carbons (Fsp3) is 0.304. The Morgan fingerprint density at radius 3 is 2.66 bits per heavy atom. The summed E-state index contributed by atoms with van der Waals surface area (Å²) in [4.78, 5) is 27.3. The number of carbonyl (C=O) groups excluding carboxylic acids is 2. The number of benzene rings is 2. The van der Waals surface area contributed by atoms with Gasteiger partial charge in [0.05, 0.1) is 5.92 Å².